The molecule has 96 valence electrons. The lowest BCUT2D eigenvalue weighted by Crippen LogP contribution is -2.55. The Hall–Kier alpha value is -1.06. The zero-order chi connectivity index (χ0) is 13.2. The molecule has 10 heteroatoms. The molecule has 0 aromatic rings. The van der Waals surface area contributed by atoms with Crippen molar-refractivity contribution in [2.45, 2.75) is 25.1 Å². The summed E-state index contributed by atoms with van der Waals surface area (Å²) < 4.78 is 89.7. The molecule has 0 unspecified atom stereocenters. The second-order valence-corrected chi connectivity index (χ2v) is 2.49. The highest BCUT2D eigenvalue weighted by atomic mass is 19.4. The molecule has 0 aliphatic rings. The number of carbonyl (C=O) groups excluding carboxylic acids is 1. The van der Waals surface area contributed by atoms with Crippen LogP contribution in [-0.4, -0.2) is 31.0 Å². The second kappa shape index (κ2) is 4.44. The molecule has 16 heavy (non-hydrogen) atoms. The van der Waals surface area contributed by atoms with E-state index < -0.39 is 31.0 Å². The molecule has 0 aliphatic heterocycles. The van der Waals surface area contributed by atoms with Crippen LogP contribution in [0.3, 0.4) is 0 Å². The average molecular weight is 258 g/mol. The smallest absolute Gasteiger partial charge is 0.439 e. The van der Waals surface area contributed by atoms with Crippen LogP contribution in [0.15, 0.2) is 0 Å². The zero-order valence-corrected chi connectivity index (χ0v) is 7.58. The van der Waals surface area contributed by atoms with E-state index in [9.17, 15) is 35.5 Å². The lowest BCUT2D eigenvalue weighted by molar-refractivity contribution is -0.438. The predicted octanol–water partition coefficient (Wildman–Crippen LogP) is 2.31. The van der Waals surface area contributed by atoms with Gasteiger partial charge in [0.15, 0.2) is 6.79 Å². The number of rotatable bonds is 3. The van der Waals surface area contributed by atoms with Gasteiger partial charge in [-0.1, -0.05) is 0 Å². The van der Waals surface area contributed by atoms with Gasteiger partial charge in [-0.2, -0.15) is 30.7 Å². The number of halogens is 7. The monoisotopic (exact) mass is 258 g/mol. The SMILES string of the molecule is CC(=O)OCOC(F)(C(F)(F)F)C(F)(F)F. The summed E-state index contributed by atoms with van der Waals surface area (Å²) in [6, 6.07) is 0. The van der Waals surface area contributed by atoms with Crippen molar-refractivity contribution in [3.8, 4) is 0 Å². The van der Waals surface area contributed by atoms with Crippen molar-refractivity contribution >= 4 is 5.97 Å². The summed E-state index contributed by atoms with van der Waals surface area (Å²) in [4.78, 5) is 10.0. The molecular weight excluding hydrogens is 253 g/mol. The van der Waals surface area contributed by atoms with Crippen molar-refractivity contribution in [3.05, 3.63) is 0 Å². The van der Waals surface area contributed by atoms with Gasteiger partial charge in [-0.15, -0.1) is 0 Å². The first-order chi connectivity index (χ1) is 6.92. The highest BCUT2D eigenvalue weighted by Crippen LogP contribution is 2.46. The molecule has 0 spiro atoms. The number of esters is 1. The summed E-state index contributed by atoms with van der Waals surface area (Å²) in [5.74, 6) is -7.08. The lowest BCUT2D eigenvalue weighted by Gasteiger charge is -2.28. The number of hydrogen-bond acceptors (Lipinski definition) is 3. The van der Waals surface area contributed by atoms with Gasteiger partial charge in [-0.05, 0) is 0 Å². The van der Waals surface area contributed by atoms with Gasteiger partial charge < -0.3 is 4.74 Å². The van der Waals surface area contributed by atoms with E-state index in [1.807, 2.05) is 0 Å². The number of alkyl halides is 7. The fourth-order valence-electron chi connectivity index (χ4n) is 0.518. The molecule has 0 bridgehead atoms. The van der Waals surface area contributed by atoms with Gasteiger partial charge in [-0.25, -0.2) is 0 Å². The van der Waals surface area contributed by atoms with E-state index in [0.717, 1.165) is 0 Å². The third kappa shape index (κ3) is 3.22. The molecule has 0 aromatic carbocycles. The number of ether oxygens (including phenoxy) is 2. The highest BCUT2D eigenvalue weighted by Gasteiger charge is 2.74. The minimum Gasteiger partial charge on any atom is -0.439 e. The van der Waals surface area contributed by atoms with Crippen molar-refractivity contribution in [2.24, 2.45) is 0 Å². The van der Waals surface area contributed by atoms with Crippen LogP contribution in [0.25, 0.3) is 0 Å². The van der Waals surface area contributed by atoms with E-state index >= 15 is 0 Å². The van der Waals surface area contributed by atoms with Crippen molar-refractivity contribution in [1.29, 1.82) is 0 Å². The molecule has 0 aliphatic carbocycles. The van der Waals surface area contributed by atoms with E-state index in [1.54, 1.807) is 0 Å². The summed E-state index contributed by atoms with van der Waals surface area (Å²) in [6.07, 6.45) is -12.7. The maximum Gasteiger partial charge on any atom is 0.458 e. The molecule has 0 amide bonds. The van der Waals surface area contributed by atoms with Crippen LogP contribution in [0, 0.1) is 0 Å². The zero-order valence-electron chi connectivity index (χ0n) is 7.58. The van der Waals surface area contributed by atoms with Crippen molar-refractivity contribution in [3.63, 3.8) is 0 Å². The predicted molar refractivity (Wildman–Crippen MR) is 33.7 cm³/mol. The molecule has 0 atom stereocenters. The fraction of sp³-hybridized carbons (Fsp3) is 0.833. The van der Waals surface area contributed by atoms with Crippen molar-refractivity contribution in [1.82, 2.24) is 0 Å². The quantitative estimate of drug-likeness (QED) is 0.442. The van der Waals surface area contributed by atoms with Crippen LogP contribution in [0.5, 0.6) is 0 Å². The Morgan fingerprint density at radius 2 is 1.38 bits per heavy atom. The molecule has 0 rings (SSSR count). The third-order valence-electron chi connectivity index (χ3n) is 1.25. The highest BCUT2D eigenvalue weighted by molar-refractivity contribution is 5.65. The number of carbonyl (C=O) groups is 1. The molecule has 0 N–H and O–H groups in total. The standard InChI is InChI=1S/C6H5F7O3/c1-3(14)15-2-16-4(7,5(8,9)10)6(11,12)13/h2H2,1H3. The normalized spacial score (nSPS) is 13.8. The minimum atomic E-state index is -6.33. The van der Waals surface area contributed by atoms with Crippen LogP contribution in [-0.2, 0) is 14.3 Å². The van der Waals surface area contributed by atoms with E-state index in [-0.39, 0.29) is 0 Å². The van der Waals surface area contributed by atoms with Gasteiger partial charge in [0.05, 0.1) is 0 Å². The van der Waals surface area contributed by atoms with E-state index in [1.165, 1.54) is 0 Å². The molecule has 0 aromatic heterocycles. The van der Waals surface area contributed by atoms with E-state index in [2.05, 4.69) is 9.47 Å². The van der Waals surface area contributed by atoms with Gasteiger partial charge in [0.2, 0.25) is 0 Å². The summed E-state index contributed by atoms with van der Waals surface area (Å²) in [5, 5.41) is 0. The minimum absolute atomic E-state index is 0.699. The Morgan fingerprint density at radius 1 is 1.00 bits per heavy atom. The van der Waals surface area contributed by atoms with Crippen LogP contribution in [0.4, 0.5) is 30.7 Å². The first kappa shape index (κ1) is 14.9. The summed E-state index contributed by atoms with van der Waals surface area (Å²) >= 11 is 0. The first-order valence-corrected chi connectivity index (χ1v) is 3.51. The Kier molecular flexibility index (Phi) is 4.14. The molecule has 0 heterocycles. The Bertz CT molecular complexity index is 242. The lowest BCUT2D eigenvalue weighted by atomic mass is 10.3. The average Bonchev–Trinajstić information content (AvgIpc) is 1.98. The van der Waals surface area contributed by atoms with Gasteiger partial charge in [0, 0.05) is 6.92 Å². The fourth-order valence-corrected chi connectivity index (χ4v) is 0.518. The molecule has 0 saturated heterocycles. The molecule has 0 fully saturated rings. The second-order valence-electron chi connectivity index (χ2n) is 2.49. The first-order valence-electron chi connectivity index (χ1n) is 3.51. The van der Waals surface area contributed by atoms with Crippen LogP contribution < -0.4 is 0 Å². The van der Waals surface area contributed by atoms with Crippen LogP contribution >= 0.6 is 0 Å². The van der Waals surface area contributed by atoms with E-state index in [4.69, 9.17) is 0 Å². The molecular formula is C6H5F7O3. The van der Waals surface area contributed by atoms with Gasteiger partial charge in [-0.3, -0.25) is 9.53 Å². The topological polar surface area (TPSA) is 35.5 Å². The Labute approximate surface area is 84.1 Å². The maximum atomic E-state index is 12.6. The van der Waals surface area contributed by atoms with Crippen molar-refractivity contribution < 1.29 is 45.0 Å². The molecule has 0 saturated carbocycles. The van der Waals surface area contributed by atoms with E-state index in [0.29, 0.717) is 6.92 Å². The largest absolute Gasteiger partial charge is 0.458 e. The summed E-state index contributed by atoms with van der Waals surface area (Å²) in [5.41, 5.74) is 0. The third-order valence-corrected chi connectivity index (χ3v) is 1.25. The van der Waals surface area contributed by atoms with Gasteiger partial charge in [0.25, 0.3) is 0 Å². The Morgan fingerprint density at radius 3 is 1.62 bits per heavy atom. The summed E-state index contributed by atoms with van der Waals surface area (Å²) in [6.45, 7) is -1.10. The van der Waals surface area contributed by atoms with Crippen LogP contribution in [0.2, 0.25) is 0 Å². The molecule has 3 nitrogen and oxygen atoms in total. The molecule has 0 radical (unpaired) electrons. The number of hydrogen-bond donors (Lipinski definition) is 0. The Balaban J connectivity index is 4.78. The van der Waals surface area contributed by atoms with Gasteiger partial charge >= 0.3 is 24.2 Å². The van der Waals surface area contributed by atoms with Crippen LogP contribution in [0.1, 0.15) is 6.92 Å². The summed E-state index contributed by atoms with van der Waals surface area (Å²) in [7, 11) is 0. The van der Waals surface area contributed by atoms with Crippen molar-refractivity contribution in [2.75, 3.05) is 6.79 Å². The van der Waals surface area contributed by atoms with Gasteiger partial charge in [0.1, 0.15) is 0 Å². The maximum absolute atomic E-state index is 12.6.